The first-order chi connectivity index (χ1) is 7.84. The zero-order chi connectivity index (χ0) is 11.0. The average molecular weight is 213 g/mol. The summed E-state index contributed by atoms with van der Waals surface area (Å²) in [5.74, 6) is 0.923. The summed E-state index contributed by atoms with van der Waals surface area (Å²) < 4.78 is 5.75. The summed E-state index contributed by atoms with van der Waals surface area (Å²) in [6, 6.07) is 7.59. The van der Waals surface area contributed by atoms with E-state index in [1.54, 1.807) is 6.21 Å². The highest BCUT2D eigenvalue weighted by Crippen LogP contribution is 2.32. The van der Waals surface area contributed by atoms with Crippen molar-refractivity contribution in [2.75, 3.05) is 0 Å². The lowest BCUT2D eigenvalue weighted by Crippen LogP contribution is -2.26. The Balaban J connectivity index is 1.91. The molecule has 1 aliphatic heterocycles. The van der Waals surface area contributed by atoms with Crippen molar-refractivity contribution in [2.24, 2.45) is 4.99 Å². The quantitative estimate of drug-likeness (QED) is 0.718. The molecule has 0 spiro atoms. The molecule has 0 aromatic heterocycles. The number of carbonyl (C=O) groups is 1. The number of ether oxygens (including phenoxy) is 1. The van der Waals surface area contributed by atoms with Gasteiger partial charge in [0.05, 0.1) is 6.21 Å². The van der Waals surface area contributed by atoms with Crippen LogP contribution in [0.3, 0.4) is 0 Å². The Morgan fingerprint density at radius 1 is 1.31 bits per heavy atom. The number of hydrogen-bond donors (Lipinski definition) is 0. The highest BCUT2D eigenvalue weighted by atomic mass is 16.5. The van der Waals surface area contributed by atoms with E-state index in [1.807, 2.05) is 30.3 Å². The van der Waals surface area contributed by atoms with E-state index in [1.165, 1.54) is 0 Å². The molecule has 0 fully saturated rings. The van der Waals surface area contributed by atoms with Crippen molar-refractivity contribution in [3.05, 3.63) is 35.9 Å². The molecule has 1 aromatic rings. The third kappa shape index (κ3) is 1.45. The standard InChI is InChI=1S/C13H11NO2/c15-11-6-3-4-9(11)13-8-14-10-5-1-2-7-12(10)16-13/h1-2,4-5,7-8,13H,3,6H2. The van der Waals surface area contributed by atoms with Crippen molar-refractivity contribution >= 4 is 17.7 Å². The van der Waals surface area contributed by atoms with Crippen molar-refractivity contribution < 1.29 is 9.53 Å². The second-order valence-corrected chi connectivity index (χ2v) is 3.91. The number of allylic oxidation sites excluding steroid dienone is 1. The van der Waals surface area contributed by atoms with Gasteiger partial charge in [0.1, 0.15) is 11.4 Å². The molecule has 0 radical (unpaired) electrons. The molecule has 1 unspecified atom stereocenters. The van der Waals surface area contributed by atoms with E-state index in [9.17, 15) is 4.79 Å². The largest absolute Gasteiger partial charge is 0.478 e. The van der Waals surface area contributed by atoms with Crippen molar-refractivity contribution in [3.63, 3.8) is 0 Å². The van der Waals surface area contributed by atoms with E-state index in [-0.39, 0.29) is 11.9 Å². The van der Waals surface area contributed by atoms with Crippen LogP contribution in [0.5, 0.6) is 5.75 Å². The summed E-state index contributed by atoms with van der Waals surface area (Å²) in [7, 11) is 0. The topological polar surface area (TPSA) is 38.7 Å². The number of Topliss-reactive ketones (excluding diaryl/α,β-unsaturated/α-hetero) is 1. The molecule has 0 saturated heterocycles. The first kappa shape index (κ1) is 9.33. The Labute approximate surface area is 93.5 Å². The molecule has 16 heavy (non-hydrogen) atoms. The van der Waals surface area contributed by atoms with E-state index < -0.39 is 0 Å². The van der Waals surface area contributed by atoms with Gasteiger partial charge in [-0.2, -0.15) is 0 Å². The van der Waals surface area contributed by atoms with Crippen LogP contribution in [0, 0.1) is 0 Å². The molecule has 80 valence electrons. The maximum atomic E-state index is 11.6. The molecule has 3 heteroatoms. The fraction of sp³-hybridized carbons (Fsp3) is 0.231. The normalized spacial score (nSPS) is 22.6. The Bertz CT molecular complexity index is 502. The van der Waals surface area contributed by atoms with Crippen LogP contribution in [-0.2, 0) is 4.79 Å². The molecular formula is C13H11NO2. The van der Waals surface area contributed by atoms with Gasteiger partial charge >= 0.3 is 0 Å². The fourth-order valence-electron chi connectivity index (χ4n) is 2.01. The van der Waals surface area contributed by atoms with Crippen molar-refractivity contribution in [1.29, 1.82) is 0 Å². The predicted octanol–water partition coefficient (Wildman–Crippen LogP) is 2.44. The van der Waals surface area contributed by atoms with Crippen LogP contribution in [0.1, 0.15) is 12.8 Å². The molecule has 3 nitrogen and oxygen atoms in total. The highest BCUT2D eigenvalue weighted by molar-refractivity contribution is 6.02. The summed E-state index contributed by atoms with van der Waals surface area (Å²) in [6.45, 7) is 0. The number of rotatable bonds is 1. The summed E-state index contributed by atoms with van der Waals surface area (Å²) in [5.41, 5.74) is 1.57. The van der Waals surface area contributed by atoms with E-state index in [2.05, 4.69) is 4.99 Å². The SMILES string of the molecule is O=C1CCC=C1C1C=Nc2ccccc2O1. The maximum absolute atomic E-state index is 11.6. The van der Waals surface area contributed by atoms with E-state index >= 15 is 0 Å². The zero-order valence-corrected chi connectivity index (χ0v) is 8.72. The van der Waals surface area contributed by atoms with Crippen LogP contribution in [0.2, 0.25) is 0 Å². The number of benzene rings is 1. The van der Waals surface area contributed by atoms with Crippen LogP contribution in [-0.4, -0.2) is 18.1 Å². The molecule has 2 aliphatic rings. The zero-order valence-electron chi connectivity index (χ0n) is 8.72. The molecule has 1 heterocycles. The first-order valence-electron chi connectivity index (χ1n) is 5.38. The van der Waals surface area contributed by atoms with Gasteiger partial charge < -0.3 is 4.74 Å². The first-order valence-corrected chi connectivity index (χ1v) is 5.38. The summed E-state index contributed by atoms with van der Waals surface area (Å²) >= 11 is 0. The Morgan fingerprint density at radius 3 is 3.00 bits per heavy atom. The molecular weight excluding hydrogens is 202 g/mol. The third-order valence-corrected chi connectivity index (χ3v) is 2.83. The van der Waals surface area contributed by atoms with Gasteiger partial charge in [-0.15, -0.1) is 0 Å². The molecule has 1 atom stereocenters. The molecule has 1 aromatic carbocycles. The minimum Gasteiger partial charge on any atom is -0.478 e. The van der Waals surface area contributed by atoms with Gasteiger partial charge in [-0.1, -0.05) is 18.2 Å². The predicted molar refractivity (Wildman–Crippen MR) is 61.3 cm³/mol. The van der Waals surface area contributed by atoms with E-state index in [0.29, 0.717) is 6.42 Å². The highest BCUT2D eigenvalue weighted by Gasteiger charge is 2.26. The van der Waals surface area contributed by atoms with E-state index in [4.69, 9.17) is 4.74 Å². The number of hydrogen-bond acceptors (Lipinski definition) is 3. The molecule has 3 rings (SSSR count). The average Bonchev–Trinajstić information content (AvgIpc) is 2.75. The Morgan fingerprint density at radius 2 is 2.19 bits per heavy atom. The number of aliphatic imine (C=N–C) groups is 1. The van der Waals surface area contributed by atoms with Crippen LogP contribution in [0.25, 0.3) is 0 Å². The molecule has 1 aliphatic carbocycles. The van der Waals surface area contributed by atoms with E-state index in [0.717, 1.165) is 23.4 Å². The van der Waals surface area contributed by atoms with Crippen molar-refractivity contribution in [2.45, 2.75) is 18.9 Å². The van der Waals surface area contributed by atoms with Gasteiger partial charge in [-0.25, -0.2) is 0 Å². The maximum Gasteiger partial charge on any atom is 0.162 e. The van der Waals surface area contributed by atoms with Gasteiger partial charge in [-0.05, 0) is 18.6 Å². The smallest absolute Gasteiger partial charge is 0.162 e. The third-order valence-electron chi connectivity index (χ3n) is 2.83. The molecule has 0 amide bonds. The van der Waals surface area contributed by atoms with Gasteiger partial charge in [0, 0.05) is 12.0 Å². The lowest BCUT2D eigenvalue weighted by Gasteiger charge is -2.20. The summed E-state index contributed by atoms with van der Waals surface area (Å²) in [5, 5.41) is 0. The van der Waals surface area contributed by atoms with Crippen LogP contribution < -0.4 is 4.74 Å². The van der Waals surface area contributed by atoms with Crippen LogP contribution in [0.15, 0.2) is 40.9 Å². The molecule has 0 bridgehead atoms. The van der Waals surface area contributed by atoms with Gasteiger partial charge in [0.2, 0.25) is 0 Å². The summed E-state index contributed by atoms with van der Waals surface area (Å²) in [4.78, 5) is 15.9. The van der Waals surface area contributed by atoms with Gasteiger partial charge in [-0.3, -0.25) is 9.79 Å². The monoisotopic (exact) mass is 213 g/mol. The van der Waals surface area contributed by atoms with Crippen LogP contribution >= 0.6 is 0 Å². The lowest BCUT2D eigenvalue weighted by atomic mass is 10.1. The number of ketones is 1. The molecule has 0 N–H and O–H groups in total. The van der Waals surface area contributed by atoms with Gasteiger partial charge in [0.25, 0.3) is 0 Å². The number of nitrogens with zero attached hydrogens (tertiary/aromatic N) is 1. The van der Waals surface area contributed by atoms with Crippen LogP contribution in [0.4, 0.5) is 5.69 Å². The number of carbonyl (C=O) groups excluding carboxylic acids is 1. The number of para-hydroxylation sites is 2. The molecule has 0 saturated carbocycles. The minimum absolute atomic E-state index is 0.177. The van der Waals surface area contributed by atoms with Gasteiger partial charge in [0.15, 0.2) is 11.9 Å². The Hall–Kier alpha value is -1.90. The second kappa shape index (κ2) is 3.59. The second-order valence-electron chi connectivity index (χ2n) is 3.91. The summed E-state index contributed by atoms with van der Waals surface area (Å²) in [6.07, 6.45) is 4.78. The lowest BCUT2D eigenvalue weighted by molar-refractivity contribution is -0.115. The van der Waals surface area contributed by atoms with Crippen molar-refractivity contribution in [3.8, 4) is 5.75 Å². The Kier molecular flexibility index (Phi) is 2.10. The number of fused-ring (bicyclic) bond motifs is 1. The minimum atomic E-state index is -0.301. The fourth-order valence-corrected chi connectivity index (χ4v) is 2.01. The van der Waals surface area contributed by atoms with Crippen molar-refractivity contribution in [1.82, 2.24) is 0 Å².